The van der Waals surface area contributed by atoms with E-state index in [1.54, 1.807) is 0 Å². The summed E-state index contributed by atoms with van der Waals surface area (Å²) in [7, 11) is 2.04. The first-order valence-corrected chi connectivity index (χ1v) is 8.06. The summed E-state index contributed by atoms with van der Waals surface area (Å²) >= 11 is 0. The molecule has 1 aromatic rings. The predicted molar refractivity (Wildman–Crippen MR) is 94.3 cm³/mol. The first-order valence-electron chi connectivity index (χ1n) is 8.06. The zero-order valence-corrected chi connectivity index (χ0v) is 14.2. The van der Waals surface area contributed by atoms with Gasteiger partial charge in [-0.1, -0.05) is 29.8 Å². The average molecular weight is 316 g/mol. The highest BCUT2D eigenvalue weighted by molar-refractivity contribution is 6.14. The van der Waals surface area contributed by atoms with Crippen LogP contribution in [-0.4, -0.2) is 30.7 Å². The van der Waals surface area contributed by atoms with Crippen molar-refractivity contribution in [3.05, 3.63) is 52.1 Å². The lowest BCUT2D eigenvalue weighted by Crippen LogP contribution is -2.39. The summed E-state index contributed by atoms with van der Waals surface area (Å²) in [6.45, 7) is 5.61. The van der Waals surface area contributed by atoms with Gasteiger partial charge in [-0.2, -0.15) is 10.5 Å². The molecule has 0 bridgehead atoms. The van der Waals surface area contributed by atoms with Gasteiger partial charge in [-0.15, -0.1) is 0 Å². The Bertz CT molecular complexity index is 861. The summed E-state index contributed by atoms with van der Waals surface area (Å²) in [5.74, 6) is -0.607. The molecule has 1 heterocycles. The van der Waals surface area contributed by atoms with E-state index in [1.807, 2.05) is 20.9 Å². The number of hydrogen-bond donors (Lipinski definition) is 1. The molecule has 4 heteroatoms. The molecule has 0 radical (unpaired) electrons. The van der Waals surface area contributed by atoms with Gasteiger partial charge in [0.05, 0.1) is 17.4 Å². The Labute approximate surface area is 142 Å². The Morgan fingerprint density at radius 2 is 2.00 bits per heavy atom. The van der Waals surface area contributed by atoms with E-state index in [-0.39, 0.29) is 11.6 Å². The lowest BCUT2D eigenvalue weighted by Gasteiger charge is -2.38. The van der Waals surface area contributed by atoms with Crippen molar-refractivity contribution in [2.24, 2.45) is 11.8 Å². The Balaban J connectivity index is 2.31. The van der Waals surface area contributed by atoms with E-state index in [0.29, 0.717) is 5.57 Å². The molecule has 1 aliphatic carbocycles. The third-order valence-corrected chi connectivity index (χ3v) is 4.97. The van der Waals surface area contributed by atoms with Gasteiger partial charge in [0.2, 0.25) is 0 Å². The molecule has 1 aliphatic heterocycles. The molecule has 24 heavy (non-hydrogen) atoms. The summed E-state index contributed by atoms with van der Waals surface area (Å²) in [5, 5.41) is 27.7. The molecule has 0 saturated carbocycles. The van der Waals surface area contributed by atoms with Crippen LogP contribution < -0.4 is 0 Å². The molecule has 2 atom stereocenters. The van der Waals surface area contributed by atoms with E-state index >= 15 is 0 Å². The van der Waals surface area contributed by atoms with Gasteiger partial charge >= 0.3 is 0 Å². The van der Waals surface area contributed by atoms with Gasteiger partial charge in [0.15, 0.2) is 0 Å². The number of rotatable bonds is 1. The number of hydrogen-bond acceptors (Lipinski definition) is 4. The van der Waals surface area contributed by atoms with Crippen LogP contribution in [0.25, 0.3) is 5.57 Å². The van der Waals surface area contributed by atoms with Crippen molar-refractivity contribution in [2.75, 3.05) is 20.1 Å². The number of benzene rings is 1. The summed E-state index contributed by atoms with van der Waals surface area (Å²) in [6.07, 6.45) is 2.07. The smallest absolute Gasteiger partial charge is 0.111 e. The Hall–Kier alpha value is -2.69. The number of likely N-dealkylation sites (N-methyl/N-ethyl adjacent to an activating group) is 1. The highest BCUT2D eigenvalue weighted by atomic mass is 15.1. The van der Waals surface area contributed by atoms with Gasteiger partial charge in [-0.25, -0.2) is 0 Å². The van der Waals surface area contributed by atoms with E-state index < -0.39 is 5.92 Å². The number of fused-ring (bicyclic) bond motifs is 1. The summed E-state index contributed by atoms with van der Waals surface area (Å²) in [5.41, 5.74) is 5.65. The monoisotopic (exact) mass is 316 g/mol. The molecular formula is C20H20N4. The Morgan fingerprint density at radius 3 is 2.67 bits per heavy atom. The fourth-order valence-electron chi connectivity index (χ4n) is 3.71. The first-order chi connectivity index (χ1) is 11.5. The van der Waals surface area contributed by atoms with Gasteiger partial charge in [0.1, 0.15) is 12.0 Å². The minimum Gasteiger partial charge on any atom is -0.302 e. The van der Waals surface area contributed by atoms with E-state index in [0.717, 1.165) is 40.9 Å². The third-order valence-electron chi connectivity index (χ3n) is 4.97. The molecule has 2 aliphatic rings. The first kappa shape index (κ1) is 16.2. The molecule has 0 saturated heterocycles. The van der Waals surface area contributed by atoms with Crippen LogP contribution in [0.15, 0.2) is 35.4 Å². The van der Waals surface area contributed by atoms with E-state index in [4.69, 9.17) is 5.41 Å². The van der Waals surface area contributed by atoms with Gasteiger partial charge < -0.3 is 10.3 Å². The van der Waals surface area contributed by atoms with Crippen molar-refractivity contribution < 1.29 is 0 Å². The maximum atomic E-state index is 9.73. The molecule has 4 nitrogen and oxygen atoms in total. The van der Waals surface area contributed by atoms with Gasteiger partial charge in [-0.05, 0) is 43.2 Å². The topological polar surface area (TPSA) is 74.7 Å². The zero-order valence-electron chi connectivity index (χ0n) is 14.2. The molecule has 0 amide bonds. The van der Waals surface area contributed by atoms with Gasteiger partial charge in [0, 0.05) is 19.0 Å². The summed E-state index contributed by atoms with van der Waals surface area (Å²) < 4.78 is 0. The fraction of sp³-hybridized carbons (Fsp3) is 0.350. The van der Waals surface area contributed by atoms with E-state index in [2.05, 4.69) is 41.3 Å². The Kier molecular flexibility index (Phi) is 4.09. The molecule has 1 unspecified atom stereocenters. The largest absolute Gasteiger partial charge is 0.302 e. The van der Waals surface area contributed by atoms with Crippen LogP contribution in [-0.2, 0) is 0 Å². The van der Waals surface area contributed by atoms with E-state index in [9.17, 15) is 10.5 Å². The molecule has 1 aromatic carbocycles. The summed E-state index contributed by atoms with van der Waals surface area (Å²) in [4.78, 5) is 2.19. The molecule has 3 rings (SSSR count). The van der Waals surface area contributed by atoms with Gasteiger partial charge in [-0.3, -0.25) is 0 Å². The van der Waals surface area contributed by atoms with Crippen molar-refractivity contribution in [2.45, 2.75) is 13.8 Å². The van der Waals surface area contributed by atoms with Crippen LogP contribution in [0.2, 0.25) is 0 Å². The van der Waals surface area contributed by atoms with Crippen molar-refractivity contribution in [3.63, 3.8) is 0 Å². The highest BCUT2D eigenvalue weighted by Crippen LogP contribution is 2.44. The van der Waals surface area contributed by atoms with E-state index in [1.165, 1.54) is 0 Å². The maximum Gasteiger partial charge on any atom is 0.111 e. The van der Waals surface area contributed by atoms with Crippen LogP contribution in [0.3, 0.4) is 0 Å². The van der Waals surface area contributed by atoms with Crippen molar-refractivity contribution in [3.8, 4) is 12.1 Å². The number of aryl methyl sites for hydroxylation is 2. The van der Waals surface area contributed by atoms with Crippen LogP contribution >= 0.6 is 0 Å². The lowest BCUT2D eigenvalue weighted by atomic mass is 9.68. The molecule has 1 N–H and O–H groups in total. The molecule has 120 valence electrons. The third kappa shape index (κ3) is 2.46. The van der Waals surface area contributed by atoms with Crippen molar-refractivity contribution >= 4 is 11.3 Å². The number of nitriles is 2. The lowest BCUT2D eigenvalue weighted by molar-refractivity contribution is 0.325. The molecule has 0 aromatic heterocycles. The SMILES string of the molecule is Cc1ccc(C)c(C2=C(C#N)C(=N)C(C#N)C3=CCN(C)C[C@H]32)c1. The van der Waals surface area contributed by atoms with Crippen LogP contribution in [0.4, 0.5) is 0 Å². The normalized spacial score (nSPS) is 24.0. The second-order valence-electron chi connectivity index (χ2n) is 6.67. The number of nitrogens with one attached hydrogen (secondary N) is 1. The molecule has 0 fully saturated rings. The highest BCUT2D eigenvalue weighted by Gasteiger charge is 2.40. The maximum absolute atomic E-state index is 9.73. The molecule has 0 spiro atoms. The zero-order chi connectivity index (χ0) is 17.4. The second kappa shape index (κ2) is 6.07. The van der Waals surface area contributed by atoms with Crippen LogP contribution in [0, 0.1) is 53.8 Å². The quantitative estimate of drug-likeness (QED) is 0.808. The minimum absolute atomic E-state index is 0.00218. The average Bonchev–Trinajstić information content (AvgIpc) is 2.56. The van der Waals surface area contributed by atoms with Crippen molar-refractivity contribution in [1.29, 1.82) is 15.9 Å². The van der Waals surface area contributed by atoms with Crippen LogP contribution in [0.5, 0.6) is 0 Å². The fourth-order valence-corrected chi connectivity index (χ4v) is 3.71. The minimum atomic E-state index is -0.604. The second-order valence-corrected chi connectivity index (χ2v) is 6.67. The van der Waals surface area contributed by atoms with Gasteiger partial charge in [0.25, 0.3) is 0 Å². The molecular weight excluding hydrogens is 296 g/mol. The standard InChI is InChI=1S/C20H20N4/c1-12-4-5-13(2)15(8-12)19-17(10-22)20(23)16(9-21)14-6-7-24(3)11-18(14)19/h4-6,8,16,18,23H,7,11H2,1-3H3/t16?,18-/m1/s1. The Morgan fingerprint density at radius 1 is 1.25 bits per heavy atom. The van der Waals surface area contributed by atoms with Crippen LogP contribution in [0.1, 0.15) is 16.7 Å². The van der Waals surface area contributed by atoms with Crippen molar-refractivity contribution in [1.82, 2.24) is 4.90 Å². The number of allylic oxidation sites excluding steroid dienone is 1. The number of nitrogens with zero attached hydrogens (tertiary/aromatic N) is 3. The predicted octanol–water partition coefficient (Wildman–Crippen LogP) is 3.24. The summed E-state index contributed by atoms with van der Waals surface area (Å²) in [6, 6.07) is 10.7.